The Bertz CT molecular complexity index is 1020. The lowest BCUT2D eigenvalue weighted by Crippen LogP contribution is -2.46. The number of hydrogen-bond donors (Lipinski definition) is 3. The Kier molecular flexibility index (Phi) is 6.67. The number of halogens is 2. The Morgan fingerprint density at radius 3 is 2.38 bits per heavy atom. The highest BCUT2D eigenvalue weighted by molar-refractivity contribution is 6.10. The first-order valence-corrected chi connectivity index (χ1v) is 9.50. The third-order valence-electron chi connectivity index (χ3n) is 4.78. The Morgan fingerprint density at radius 1 is 1.09 bits per heavy atom. The average Bonchev–Trinajstić information content (AvgIpc) is 2.97. The normalized spacial score (nSPS) is 17.8. The number of amides is 6. The van der Waals surface area contributed by atoms with Crippen molar-refractivity contribution in [2.24, 2.45) is 0 Å². The third-order valence-corrected chi connectivity index (χ3v) is 4.78. The number of benzene rings is 2. The minimum atomic E-state index is -3.00. The van der Waals surface area contributed by atoms with Crippen LogP contribution in [0.4, 0.5) is 18.4 Å². The molecular weight excluding hydrogens is 426 g/mol. The highest BCUT2D eigenvalue weighted by Crippen LogP contribution is 2.30. The first-order valence-electron chi connectivity index (χ1n) is 9.50. The summed E-state index contributed by atoms with van der Waals surface area (Å²) in [5.74, 6) is -1.70. The van der Waals surface area contributed by atoms with Crippen LogP contribution in [-0.4, -0.2) is 41.9 Å². The molecule has 2 aromatic rings. The van der Waals surface area contributed by atoms with Crippen molar-refractivity contribution in [2.75, 3.05) is 6.54 Å². The van der Waals surface area contributed by atoms with Crippen LogP contribution in [0, 0.1) is 0 Å². The molecule has 1 saturated heterocycles. The van der Waals surface area contributed by atoms with E-state index < -0.39 is 42.6 Å². The van der Waals surface area contributed by atoms with Gasteiger partial charge < -0.3 is 15.4 Å². The van der Waals surface area contributed by atoms with E-state index in [-0.39, 0.29) is 12.3 Å². The van der Waals surface area contributed by atoms with Gasteiger partial charge in [-0.05, 0) is 30.2 Å². The number of carbonyl (C=O) groups excluding carboxylic acids is 4. The van der Waals surface area contributed by atoms with Gasteiger partial charge in [0, 0.05) is 6.54 Å². The van der Waals surface area contributed by atoms with Crippen LogP contribution in [0.2, 0.25) is 0 Å². The molecule has 1 atom stereocenters. The van der Waals surface area contributed by atoms with Crippen molar-refractivity contribution >= 4 is 23.9 Å². The lowest BCUT2D eigenvalue weighted by atomic mass is 9.92. The SMILES string of the molecule is C[C@]1(c2ccc(OC(F)F)cc2)NC(=O)N(CC(=O)NC(=O)NCc2ccccc2)C1=O. The van der Waals surface area contributed by atoms with E-state index in [4.69, 9.17) is 0 Å². The van der Waals surface area contributed by atoms with Crippen LogP contribution in [0.1, 0.15) is 18.1 Å². The fourth-order valence-corrected chi connectivity index (χ4v) is 3.14. The molecule has 11 heteroatoms. The van der Waals surface area contributed by atoms with Crippen molar-refractivity contribution in [3.8, 4) is 5.75 Å². The number of nitrogens with one attached hydrogen (secondary N) is 3. The monoisotopic (exact) mass is 446 g/mol. The number of urea groups is 2. The van der Waals surface area contributed by atoms with Crippen molar-refractivity contribution < 1.29 is 32.7 Å². The van der Waals surface area contributed by atoms with Crippen LogP contribution in [0.15, 0.2) is 54.6 Å². The largest absolute Gasteiger partial charge is 0.435 e. The van der Waals surface area contributed by atoms with Gasteiger partial charge in [-0.1, -0.05) is 42.5 Å². The van der Waals surface area contributed by atoms with Crippen molar-refractivity contribution in [2.45, 2.75) is 25.6 Å². The van der Waals surface area contributed by atoms with Crippen LogP contribution in [0.5, 0.6) is 5.75 Å². The molecule has 168 valence electrons. The predicted molar refractivity (Wildman–Crippen MR) is 107 cm³/mol. The predicted octanol–water partition coefficient (Wildman–Crippen LogP) is 2.08. The molecule has 0 aliphatic carbocycles. The van der Waals surface area contributed by atoms with Gasteiger partial charge in [0.25, 0.3) is 5.91 Å². The number of carbonyl (C=O) groups is 4. The molecule has 0 saturated carbocycles. The Labute approximate surface area is 181 Å². The summed E-state index contributed by atoms with van der Waals surface area (Å²) in [5, 5.41) is 7.04. The van der Waals surface area contributed by atoms with E-state index in [1.54, 1.807) is 24.3 Å². The lowest BCUT2D eigenvalue weighted by molar-refractivity contribution is -0.134. The van der Waals surface area contributed by atoms with E-state index in [1.165, 1.54) is 31.2 Å². The Balaban J connectivity index is 1.59. The number of ether oxygens (including phenoxy) is 1. The minimum Gasteiger partial charge on any atom is -0.435 e. The summed E-state index contributed by atoms with van der Waals surface area (Å²) in [6.45, 7) is -2.07. The summed E-state index contributed by atoms with van der Waals surface area (Å²) in [5.41, 5.74) is -0.387. The third kappa shape index (κ3) is 5.17. The van der Waals surface area contributed by atoms with Gasteiger partial charge in [0.15, 0.2) is 0 Å². The van der Waals surface area contributed by atoms with Gasteiger partial charge in [-0.25, -0.2) is 9.59 Å². The molecule has 3 rings (SSSR count). The molecule has 3 N–H and O–H groups in total. The van der Waals surface area contributed by atoms with E-state index in [0.29, 0.717) is 10.5 Å². The quantitative estimate of drug-likeness (QED) is 0.563. The molecule has 1 aliphatic heterocycles. The summed E-state index contributed by atoms with van der Waals surface area (Å²) in [6.07, 6.45) is 0. The molecule has 6 amide bonds. The standard InChI is InChI=1S/C21H20F2N4O5/c1-21(14-7-9-15(10-8-14)32-18(22)23)17(29)27(20(31)26-21)12-16(28)25-19(30)24-11-13-5-3-2-4-6-13/h2-10,18H,11-12H2,1H3,(H,26,31)(H2,24,25,28,30)/t21-/m1/s1. The molecule has 32 heavy (non-hydrogen) atoms. The fourth-order valence-electron chi connectivity index (χ4n) is 3.14. The maximum Gasteiger partial charge on any atom is 0.387 e. The van der Waals surface area contributed by atoms with Crippen LogP contribution in [0.25, 0.3) is 0 Å². The maximum absolute atomic E-state index is 12.8. The molecular formula is C21H20F2N4O5. The number of rotatable bonds is 7. The topological polar surface area (TPSA) is 117 Å². The van der Waals surface area contributed by atoms with Crippen molar-refractivity contribution in [3.05, 3.63) is 65.7 Å². The van der Waals surface area contributed by atoms with Gasteiger partial charge in [0.2, 0.25) is 5.91 Å². The number of hydrogen-bond acceptors (Lipinski definition) is 5. The molecule has 1 aliphatic rings. The zero-order valence-corrected chi connectivity index (χ0v) is 16.9. The second-order valence-corrected chi connectivity index (χ2v) is 7.07. The van der Waals surface area contributed by atoms with E-state index in [0.717, 1.165) is 5.56 Å². The van der Waals surface area contributed by atoms with E-state index in [1.807, 2.05) is 6.07 Å². The minimum absolute atomic E-state index is 0.109. The van der Waals surface area contributed by atoms with Crippen LogP contribution in [-0.2, 0) is 21.7 Å². The molecule has 2 aromatic carbocycles. The van der Waals surface area contributed by atoms with Gasteiger partial charge >= 0.3 is 18.7 Å². The van der Waals surface area contributed by atoms with E-state index in [9.17, 15) is 28.0 Å². The summed E-state index contributed by atoms with van der Waals surface area (Å²) in [6, 6.07) is 12.6. The average molecular weight is 446 g/mol. The zero-order chi connectivity index (χ0) is 23.3. The molecule has 0 bridgehead atoms. The van der Waals surface area contributed by atoms with Crippen LogP contribution < -0.4 is 20.7 Å². The van der Waals surface area contributed by atoms with Crippen LogP contribution in [0.3, 0.4) is 0 Å². The second kappa shape index (κ2) is 9.41. The fraction of sp³-hybridized carbons (Fsp3) is 0.238. The molecule has 0 aromatic heterocycles. The molecule has 1 fully saturated rings. The molecule has 0 unspecified atom stereocenters. The first-order chi connectivity index (χ1) is 15.2. The van der Waals surface area contributed by atoms with Crippen LogP contribution >= 0.6 is 0 Å². The molecule has 9 nitrogen and oxygen atoms in total. The summed E-state index contributed by atoms with van der Waals surface area (Å²) >= 11 is 0. The van der Waals surface area contributed by atoms with Gasteiger partial charge in [-0.2, -0.15) is 8.78 Å². The van der Waals surface area contributed by atoms with Gasteiger partial charge in [-0.15, -0.1) is 0 Å². The van der Waals surface area contributed by atoms with Crippen molar-refractivity contribution in [1.29, 1.82) is 0 Å². The summed E-state index contributed by atoms with van der Waals surface area (Å²) in [7, 11) is 0. The Morgan fingerprint density at radius 2 is 1.75 bits per heavy atom. The Hall–Kier alpha value is -4.02. The number of imide groups is 2. The van der Waals surface area contributed by atoms with Gasteiger partial charge in [-0.3, -0.25) is 19.8 Å². The summed E-state index contributed by atoms with van der Waals surface area (Å²) < 4.78 is 28.9. The van der Waals surface area contributed by atoms with Gasteiger partial charge in [0.1, 0.15) is 17.8 Å². The van der Waals surface area contributed by atoms with Crippen molar-refractivity contribution in [3.63, 3.8) is 0 Å². The van der Waals surface area contributed by atoms with E-state index in [2.05, 4.69) is 20.7 Å². The zero-order valence-electron chi connectivity index (χ0n) is 16.9. The lowest BCUT2D eigenvalue weighted by Gasteiger charge is -2.22. The number of nitrogens with zero attached hydrogens (tertiary/aromatic N) is 1. The summed E-state index contributed by atoms with van der Waals surface area (Å²) in [4.78, 5) is 49.9. The first kappa shape index (κ1) is 22.7. The molecule has 0 spiro atoms. The smallest absolute Gasteiger partial charge is 0.387 e. The number of alkyl halides is 2. The highest BCUT2D eigenvalue weighted by atomic mass is 19.3. The maximum atomic E-state index is 12.8. The molecule has 1 heterocycles. The second-order valence-electron chi connectivity index (χ2n) is 7.07. The van der Waals surface area contributed by atoms with Crippen molar-refractivity contribution in [1.82, 2.24) is 20.9 Å². The van der Waals surface area contributed by atoms with Gasteiger partial charge in [0.05, 0.1) is 0 Å². The van der Waals surface area contributed by atoms with E-state index >= 15 is 0 Å². The highest BCUT2D eigenvalue weighted by Gasteiger charge is 2.49. The molecule has 0 radical (unpaired) electrons.